The van der Waals surface area contributed by atoms with E-state index in [4.69, 9.17) is 15.0 Å². The van der Waals surface area contributed by atoms with Crippen LogP contribution < -0.4 is 10.6 Å². The van der Waals surface area contributed by atoms with Crippen LogP contribution >= 0.6 is 0 Å². The van der Waals surface area contributed by atoms with Gasteiger partial charge < -0.3 is 14.8 Å². The van der Waals surface area contributed by atoms with Gasteiger partial charge in [-0.3, -0.25) is 34.2 Å². The van der Waals surface area contributed by atoms with Crippen molar-refractivity contribution >= 4 is 35.2 Å². The number of fused-ring (bicyclic) bond motifs is 1. The number of amides is 5. The normalized spacial score (nSPS) is 17.0. The number of anilines is 1. The molecule has 2 aliphatic rings. The minimum absolute atomic E-state index is 0.00307. The molecule has 1 aromatic rings. The lowest BCUT2D eigenvalue weighted by Gasteiger charge is -2.27. The first-order valence-electron chi connectivity index (χ1n) is 11.7. The minimum Gasteiger partial charge on any atom is -0.379 e. The van der Waals surface area contributed by atoms with Gasteiger partial charge in [0, 0.05) is 24.5 Å². The van der Waals surface area contributed by atoms with E-state index in [1.165, 1.54) is 18.2 Å². The van der Waals surface area contributed by atoms with E-state index in [0.29, 0.717) is 19.8 Å². The average molecular weight is 501 g/mol. The van der Waals surface area contributed by atoms with E-state index < -0.39 is 35.6 Å². The van der Waals surface area contributed by atoms with Gasteiger partial charge in [0.2, 0.25) is 17.7 Å². The molecular weight excluding hydrogens is 472 g/mol. The van der Waals surface area contributed by atoms with E-state index in [1.807, 2.05) is 0 Å². The molecule has 36 heavy (non-hydrogen) atoms. The number of rotatable bonds is 14. The summed E-state index contributed by atoms with van der Waals surface area (Å²) in [6.45, 7) is 1.32. The van der Waals surface area contributed by atoms with Crippen molar-refractivity contribution in [2.24, 2.45) is 5.11 Å². The average Bonchev–Trinajstić information content (AvgIpc) is 3.10. The third-order valence-electron chi connectivity index (χ3n) is 5.71. The zero-order chi connectivity index (χ0) is 25.9. The van der Waals surface area contributed by atoms with Crippen molar-refractivity contribution in [1.29, 1.82) is 0 Å². The van der Waals surface area contributed by atoms with Gasteiger partial charge in [-0.05, 0) is 36.9 Å². The number of hydrogen-bond acceptors (Lipinski definition) is 8. The highest BCUT2D eigenvalue weighted by atomic mass is 16.5. The van der Waals surface area contributed by atoms with Gasteiger partial charge in [0.1, 0.15) is 12.6 Å². The molecule has 0 saturated carbocycles. The molecule has 0 bridgehead atoms. The Morgan fingerprint density at radius 2 is 1.86 bits per heavy atom. The summed E-state index contributed by atoms with van der Waals surface area (Å²) >= 11 is 0. The summed E-state index contributed by atoms with van der Waals surface area (Å²) in [4.78, 5) is 65.4. The maximum atomic E-state index is 13.0. The highest BCUT2D eigenvalue weighted by Crippen LogP contribution is 2.32. The molecule has 1 atom stereocenters. The second-order valence-corrected chi connectivity index (χ2v) is 8.26. The molecule has 1 saturated heterocycles. The quantitative estimate of drug-likeness (QED) is 0.129. The second-order valence-electron chi connectivity index (χ2n) is 8.26. The van der Waals surface area contributed by atoms with Gasteiger partial charge in [-0.2, -0.15) is 0 Å². The first kappa shape index (κ1) is 26.8. The van der Waals surface area contributed by atoms with Crippen molar-refractivity contribution in [3.8, 4) is 0 Å². The van der Waals surface area contributed by atoms with Crippen LogP contribution in [0.4, 0.5) is 5.69 Å². The first-order chi connectivity index (χ1) is 17.4. The van der Waals surface area contributed by atoms with E-state index in [-0.39, 0.29) is 42.9 Å². The molecule has 2 aliphatic heterocycles. The van der Waals surface area contributed by atoms with Gasteiger partial charge in [-0.25, -0.2) is 0 Å². The molecule has 5 amide bonds. The lowest BCUT2D eigenvalue weighted by atomic mass is 10.0. The van der Waals surface area contributed by atoms with Crippen molar-refractivity contribution in [1.82, 2.24) is 10.2 Å². The number of hydrogen-bond donors (Lipinski definition) is 2. The predicted molar refractivity (Wildman–Crippen MR) is 126 cm³/mol. The van der Waals surface area contributed by atoms with Gasteiger partial charge in [-0.1, -0.05) is 24.0 Å². The number of azide groups is 1. The summed E-state index contributed by atoms with van der Waals surface area (Å²) in [6, 6.07) is 3.38. The van der Waals surface area contributed by atoms with Crippen LogP contribution in [0.3, 0.4) is 0 Å². The van der Waals surface area contributed by atoms with Crippen LogP contribution in [-0.4, -0.2) is 73.4 Å². The van der Waals surface area contributed by atoms with Crippen LogP contribution in [0, 0.1) is 0 Å². The predicted octanol–water partition coefficient (Wildman–Crippen LogP) is 1.93. The summed E-state index contributed by atoms with van der Waals surface area (Å²) in [5.74, 6) is -3.02. The van der Waals surface area contributed by atoms with E-state index in [2.05, 4.69) is 20.7 Å². The van der Waals surface area contributed by atoms with Crippen molar-refractivity contribution < 1.29 is 33.4 Å². The fraction of sp³-hybridized carbons (Fsp3) is 0.522. The molecule has 2 heterocycles. The topological polar surface area (TPSA) is 180 Å². The van der Waals surface area contributed by atoms with Crippen molar-refractivity contribution in [3.05, 3.63) is 39.8 Å². The Hall–Kier alpha value is -3.80. The first-order valence-corrected chi connectivity index (χ1v) is 11.7. The lowest BCUT2D eigenvalue weighted by molar-refractivity contribution is -0.136. The van der Waals surface area contributed by atoms with E-state index in [0.717, 1.165) is 30.6 Å². The van der Waals surface area contributed by atoms with Crippen molar-refractivity contribution in [2.75, 3.05) is 38.3 Å². The Balaban J connectivity index is 1.42. The van der Waals surface area contributed by atoms with Crippen LogP contribution in [-0.2, 0) is 23.9 Å². The fourth-order valence-corrected chi connectivity index (χ4v) is 3.98. The fourth-order valence-electron chi connectivity index (χ4n) is 3.98. The third kappa shape index (κ3) is 6.87. The number of carbonyl (C=O) groups excluding carboxylic acids is 5. The monoisotopic (exact) mass is 500 g/mol. The molecule has 13 heteroatoms. The molecule has 3 rings (SSSR count). The second kappa shape index (κ2) is 13.3. The molecule has 13 nitrogen and oxygen atoms in total. The number of unbranched alkanes of at least 4 members (excludes halogenated alkanes) is 3. The number of ether oxygens (including phenoxy) is 2. The zero-order valence-electron chi connectivity index (χ0n) is 19.7. The standard InChI is InChI=1S/C23H28N6O7/c24-28-25-10-3-1-2-4-11-35-12-13-36-14-19(31)26-16-7-5-6-15-20(16)23(34)29(22(15)33)17-8-9-18(30)27-21(17)32/h5-7,17H,1-4,8-14H2,(H,26,31)(H,27,30,32). The molecule has 0 aliphatic carbocycles. The molecule has 0 spiro atoms. The minimum atomic E-state index is -1.08. The smallest absolute Gasteiger partial charge is 0.264 e. The van der Waals surface area contributed by atoms with Crippen molar-refractivity contribution in [3.63, 3.8) is 0 Å². The maximum absolute atomic E-state index is 13.0. The number of imide groups is 2. The molecule has 2 N–H and O–H groups in total. The number of nitrogens with one attached hydrogen (secondary N) is 2. The Labute approximate surface area is 207 Å². The molecule has 1 unspecified atom stereocenters. The van der Waals surface area contributed by atoms with Crippen LogP contribution in [0.25, 0.3) is 10.4 Å². The SMILES string of the molecule is [N-]=[N+]=NCCCCCCOCCOCC(=O)Nc1cccc2c1C(=O)N(C1CCC(=O)NC1=O)C2=O. The van der Waals surface area contributed by atoms with Gasteiger partial charge >= 0.3 is 0 Å². The molecule has 1 aromatic carbocycles. The van der Waals surface area contributed by atoms with Gasteiger partial charge in [0.25, 0.3) is 11.8 Å². The zero-order valence-corrected chi connectivity index (χ0v) is 19.7. The molecule has 192 valence electrons. The van der Waals surface area contributed by atoms with E-state index in [9.17, 15) is 24.0 Å². The van der Waals surface area contributed by atoms with Gasteiger partial charge in [-0.15, -0.1) is 0 Å². The van der Waals surface area contributed by atoms with Gasteiger partial charge in [0.15, 0.2) is 0 Å². The summed E-state index contributed by atoms with van der Waals surface area (Å²) < 4.78 is 10.8. The summed E-state index contributed by atoms with van der Waals surface area (Å²) in [6.07, 6.45) is 3.72. The summed E-state index contributed by atoms with van der Waals surface area (Å²) in [7, 11) is 0. The number of carbonyl (C=O) groups is 5. The van der Waals surface area contributed by atoms with E-state index in [1.54, 1.807) is 0 Å². The number of piperidine rings is 1. The largest absolute Gasteiger partial charge is 0.379 e. The molecular formula is C23H28N6O7. The highest BCUT2D eigenvalue weighted by molar-refractivity contribution is 6.26. The van der Waals surface area contributed by atoms with Crippen LogP contribution in [0.15, 0.2) is 23.3 Å². The molecule has 0 radical (unpaired) electrons. The van der Waals surface area contributed by atoms with Gasteiger partial charge in [0.05, 0.1) is 30.0 Å². The maximum Gasteiger partial charge on any atom is 0.264 e. The Morgan fingerprint density at radius 3 is 2.64 bits per heavy atom. The third-order valence-corrected chi connectivity index (χ3v) is 5.71. The summed E-state index contributed by atoms with van der Waals surface area (Å²) in [5, 5.41) is 8.20. The lowest BCUT2D eigenvalue weighted by Crippen LogP contribution is -2.54. The Morgan fingerprint density at radius 1 is 1.08 bits per heavy atom. The molecule has 0 aromatic heterocycles. The number of nitrogens with zero attached hydrogens (tertiary/aromatic N) is 4. The Kier molecular flexibility index (Phi) is 9.92. The van der Waals surface area contributed by atoms with Crippen LogP contribution in [0.5, 0.6) is 0 Å². The summed E-state index contributed by atoms with van der Waals surface area (Å²) in [5.41, 5.74) is 8.42. The van der Waals surface area contributed by atoms with E-state index >= 15 is 0 Å². The Bertz CT molecular complexity index is 1070. The highest BCUT2D eigenvalue weighted by Gasteiger charge is 2.45. The number of benzene rings is 1. The van der Waals surface area contributed by atoms with Crippen LogP contribution in [0.1, 0.15) is 59.2 Å². The van der Waals surface area contributed by atoms with Crippen LogP contribution in [0.2, 0.25) is 0 Å². The van der Waals surface area contributed by atoms with Crippen molar-refractivity contribution in [2.45, 2.75) is 44.6 Å². The molecule has 1 fully saturated rings.